The molecule has 0 aromatic heterocycles. The molecule has 0 fully saturated rings. The van der Waals surface area contributed by atoms with Crippen molar-refractivity contribution in [1.82, 2.24) is 0 Å². The maximum atomic E-state index is 4.54. The molecule has 1 rings (SSSR count). The topological polar surface area (TPSA) is 12.4 Å². The van der Waals surface area contributed by atoms with Crippen LogP contribution in [0.15, 0.2) is 4.99 Å². The molecule has 0 spiro atoms. The van der Waals surface area contributed by atoms with Gasteiger partial charge in [0.25, 0.3) is 0 Å². The summed E-state index contributed by atoms with van der Waals surface area (Å²) in [6, 6.07) is 0.606. The molecule has 1 heterocycles. The van der Waals surface area contributed by atoms with Crippen LogP contribution in [0.3, 0.4) is 0 Å². The van der Waals surface area contributed by atoms with Crippen molar-refractivity contribution in [3.8, 4) is 0 Å². The van der Waals surface area contributed by atoms with Crippen LogP contribution < -0.4 is 0 Å². The second kappa shape index (κ2) is 3.42. The third-order valence-corrected chi connectivity index (χ3v) is 3.32. The first-order valence-electron chi connectivity index (χ1n) is 3.99. The van der Waals surface area contributed by atoms with Crippen molar-refractivity contribution in [3.05, 3.63) is 0 Å². The maximum Gasteiger partial charge on any atom is 0.0652 e. The molecule has 2 heteroatoms. The molecular formula is C8H15NS. The number of aliphatic imine (C=N–C) groups is 1. The highest BCUT2D eigenvalue weighted by Gasteiger charge is 2.24. The van der Waals surface area contributed by atoms with Crippen LogP contribution in [-0.4, -0.2) is 16.3 Å². The van der Waals surface area contributed by atoms with E-state index in [0.717, 1.165) is 5.25 Å². The summed E-state index contributed by atoms with van der Waals surface area (Å²) in [5, 5.41) is 2.05. The zero-order chi connectivity index (χ0) is 7.56. The Balaban J connectivity index is 2.52. The highest BCUT2D eigenvalue weighted by Crippen LogP contribution is 2.30. The van der Waals surface area contributed by atoms with Gasteiger partial charge in [0, 0.05) is 5.25 Å². The zero-order valence-electron chi connectivity index (χ0n) is 6.92. The molecule has 0 unspecified atom stereocenters. The fourth-order valence-electron chi connectivity index (χ4n) is 1.35. The summed E-state index contributed by atoms with van der Waals surface area (Å²) in [7, 11) is 0. The molecule has 0 saturated carbocycles. The van der Waals surface area contributed by atoms with Crippen LogP contribution in [-0.2, 0) is 0 Å². The van der Waals surface area contributed by atoms with Crippen molar-refractivity contribution < 1.29 is 0 Å². The summed E-state index contributed by atoms with van der Waals surface area (Å²) in [4.78, 5) is 4.54. The Labute approximate surface area is 67.3 Å². The van der Waals surface area contributed by atoms with Gasteiger partial charge in [0.05, 0.1) is 11.1 Å². The summed E-state index contributed by atoms with van der Waals surface area (Å²) in [5.41, 5.74) is 0. The molecule has 0 N–H and O–H groups in total. The minimum atomic E-state index is 0.606. The van der Waals surface area contributed by atoms with E-state index in [1.807, 2.05) is 11.8 Å². The van der Waals surface area contributed by atoms with Crippen molar-refractivity contribution in [2.45, 2.75) is 44.9 Å². The van der Waals surface area contributed by atoms with Crippen LogP contribution >= 0.6 is 11.8 Å². The largest absolute Gasteiger partial charge is 0.279 e. The maximum absolute atomic E-state index is 4.54. The van der Waals surface area contributed by atoms with Crippen LogP contribution in [0.2, 0.25) is 0 Å². The highest BCUT2D eigenvalue weighted by molar-refractivity contribution is 8.14. The zero-order valence-corrected chi connectivity index (χ0v) is 7.74. The first-order valence-corrected chi connectivity index (χ1v) is 4.87. The number of hydrogen-bond donors (Lipinski definition) is 0. The quantitative estimate of drug-likeness (QED) is 0.600. The average Bonchev–Trinajstić information content (AvgIpc) is 2.30. The molecule has 1 nitrogen and oxygen atoms in total. The van der Waals surface area contributed by atoms with Gasteiger partial charge in [-0.2, -0.15) is 0 Å². The normalized spacial score (nSPS) is 32.5. The fraction of sp³-hybridized carbons (Fsp3) is 0.875. The summed E-state index contributed by atoms with van der Waals surface area (Å²) in [6.45, 7) is 6.58. The summed E-state index contributed by atoms with van der Waals surface area (Å²) in [6.07, 6.45) is 2.45. The van der Waals surface area contributed by atoms with Crippen molar-refractivity contribution in [2.75, 3.05) is 0 Å². The van der Waals surface area contributed by atoms with Crippen LogP contribution in [0.4, 0.5) is 0 Å². The van der Waals surface area contributed by atoms with E-state index in [0.29, 0.717) is 6.04 Å². The Morgan fingerprint density at radius 1 is 1.40 bits per heavy atom. The van der Waals surface area contributed by atoms with Gasteiger partial charge in [-0.05, 0) is 19.8 Å². The van der Waals surface area contributed by atoms with Gasteiger partial charge in [-0.15, -0.1) is 11.8 Å². The van der Waals surface area contributed by atoms with Crippen LogP contribution in [0.5, 0.6) is 0 Å². The molecule has 58 valence electrons. The number of nitrogens with zero attached hydrogens (tertiary/aromatic N) is 1. The molecule has 0 aromatic carbocycles. The number of hydrogen-bond acceptors (Lipinski definition) is 2. The predicted octanol–water partition coefficient (Wildman–Crippen LogP) is 2.71. The molecule has 0 aliphatic carbocycles. The van der Waals surface area contributed by atoms with E-state index in [-0.39, 0.29) is 0 Å². The first kappa shape index (κ1) is 8.12. The molecule has 0 aromatic rings. The van der Waals surface area contributed by atoms with Gasteiger partial charge >= 0.3 is 0 Å². The molecule has 0 amide bonds. The van der Waals surface area contributed by atoms with Gasteiger partial charge in [-0.1, -0.05) is 13.8 Å². The van der Waals surface area contributed by atoms with E-state index in [1.165, 1.54) is 17.9 Å². The minimum Gasteiger partial charge on any atom is -0.279 e. The fourth-order valence-corrected chi connectivity index (χ4v) is 2.57. The van der Waals surface area contributed by atoms with Crippen LogP contribution in [0.1, 0.15) is 33.6 Å². The lowest BCUT2D eigenvalue weighted by atomic mass is 10.1. The molecular weight excluding hydrogens is 142 g/mol. The number of rotatable bonds is 2. The van der Waals surface area contributed by atoms with Crippen LogP contribution in [0.25, 0.3) is 0 Å². The lowest BCUT2D eigenvalue weighted by molar-refractivity contribution is 0.615. The highest BCUT2D eigenvalue weighted by atomic mass is 32.2. The molecule has 1 aliphatic heterocycles. The van der Waals surface area contributed by atoms with E-state index < -0.39 is 0 Å². The molecule has 10 heavy (non-hydrogen) atoms. The average molecular weight is 157 g/mol. The van der Waals surface area contributed by atoms with Crippen molar-refractivity contribution >= 4 is 16.8 Å². The molecule has 2 atom stereocenters. The minimum absolute atomic E-state index is 0.606. The monoisotopic (exact) mass is 157 g/mol. The van der Waals surface area contributed by atoms with E-state index in [9.17, 15) is 0 Å². The second-order valence-corrected chi connectivity index (χ2v) is 4.12. The number of thioether (sulfide) groups is 1. The summed E-state index contributed by atoms with van der Waals surface area (Å²) in [5.74, 6) is 0. The Bertz CT molecular complexity index is 142. The van der Waals surface area contributed by atoms with Gasteiger partial charge in [0.1, 0.15) is 0 Å². The van der Waals surface area contributed by atoms with E-state index in [4.69, 9.17) is 0 Å². The Morgan fingerprint density at radius 3 is 2.50 bits per heavy atom. The Hall–Kier alpha value is 0.0200. The van der Waals surface area contributed by atoms with Crippen molar-refractivity contribution in [3.63, 3.8) is 0 Å². The van der Waals surface area contributed by atoms with Crippen molar-refractivity contribution in [1.29, 1.82) is 0 Å². The Morgan fingerprint density at radius 2 is 2.10 bits per heavy atom. The van der Waals surface area contributed by atoms with E-state index in [2.05, 4.69) is 25.8 Å². The van der Waals surface area contributed by atoms with E-state index >= 15 is 0 Å². The SMILES string of the molecule is CC[C@H]1N=C(C)S[C@@H]1CC. The first-order chi connectivity index (χ1) is 4.77. The molecule has 0 bridgehead atoms. The van der Waals surface area contributed by atoms with Gasteiger partial charge in [0.15, 0.2) is 0 Å². The van der Waals surface area contributed by atoms with Gasteiger partial charge in [-0.25, -0.2) is 0 Å². The summed E-state index contributed by atoms with van der Waals surface area (Å²) >= 11 is 1.95. The van der Waals surface area contributed by atoms with Crippen molar-refractivity contribution in [2.24, 2.45) is 4.99 Å². The van der Waals surface area contributed by atoms with Gasteiger partial charge in [0.2, 0.25) is 0 Å². The van der Waals surface area contributed by atoms with Crippen LogP contribution in [0, 0.1) is 0 Å². The molecule has 0 saturated heterocycles. The Kier molecular flexibility index (Phi) is 2.78. The lowest BCUT2D eigenvalue weighted by Crippen LogP contribution is -2.14. The van der Waals surface area contributed by atoms with E-state index in [1.54, 1.807) is 0 Å². The predicted molar refractivity (Wildman–Crippen MR) is 48.9 cm³/mol. The second-order valence-electron chi connectivity index (χ2n) is 2.69. The van der Waals surface area contributed by atoms with Gasteiger partial charge in [-0.3, -0.25) is 4.99 Å². The molecule has 1 aliphatic rings. The third kappa shape index (κ3) is 1.54. The molecule has 0 radical (unpaired) electrons. The smallest absolute Gasteiger partial charge is 0.0652 e. The standard InChI is InChI=1S/C8H15NS/c1-4-7-8(5-2)10-6(3)9-7/h7-8H,4-5H2,1-3H3/t7-,8-/m1/s1. The third-order valence-electron chi connectivity index (χ3n) is 1.92. The van der Waals surface area contributed by atoms with Gasteiger partial charge < -0.3 is 0 Å². The lowest BCUT2D eigenvalue weighted by Gasteiger charge is -2.11. The summed E-state index contributed by atoms with van der Waals surface area (Å²) < 4.78 is 0.